The normalized spacial score (nSPS) is 17.4. The Bertz CT molecular complexity index is 1350. The summed E-state index contributed by atoms with van der Waals surface area (Å²) in [6.07, 6.45) is 5.00. The fourth-order valence-corrected chi connectivity index (χ4v) is 5.74. The van der Waals surface area contributed by atoms with Crippen LogP contribution in [-0.2, 0) is 29.7 Å². The van der Waals surface area contributed by atoms with E-state index in [4.69, 9.17) is 4.74 Å². The van der Waals surface area contributed by atoms with Crippen LogP contribution in [0.5, 0.6) is 0 Å². The van der Waals surface area contributed by atoms with Crippen molar-refractivity contribution in [1.82, 2.24) is 19.6 Å². The Balaban J connectivity index is 1.45. The Morgan fingerprint density at radius 2 is 1.61 bits per heavy atom. The van der Waals surface area contributed by atoms with Crippen LogP contribution < -0.4 is 4.90 Å². The predicted molar refractivity (Wildman–Crippen MR) is 157 cm³/mol. The van der Waals surface area contributed by atoms with Gasteiger partial charge in [0.1, 0.15) is 5.82 Å². The number of benzene rings is 2. The minimum Gasteiger partial charge on any atom is -0.379 e. The van der Waals surface area contributed by atoms with Gasteiger partial charge in [-0.1, -0.05) is 31.4 Å². The number of rotatable bonds is 4. The maximum atomic E-state index is 13.9. The molecule has 41 heavy (non-hydrogen) atoms. The molecule has 2 aromatic carbocycles. The van der Waals surface area contributed by atoms with Gasteiger partial charge in [0.2, 0.25) is 5.91 Å². The van der Waals surface area contributed by atoms with Gasteiger partial charge in [-0.25, -0.2) is 4.39 Å². The van der Waals surface area contributed by atoms with Crippen molar-refractivity contribution in [3.63, 3.8) is 0 Å². The molecule has 0 atom stereocenters. The van der Waals surface area contributed by atoms with Crippen molar-refractivity contribution in [3.05, 3.63) is 71.2 Å². The molecule has 9 heteroatoms. The van der Waals surface area contributed by atoms with E-state index in [1.165, 1.54) is 12.1 Å². The molecule has 1 aromatic heterocycles. The van der Waals surface area contributed by atoms with Crippen molar-refractivity contribution in [3.8, 4) is 11.3 Å². The van der Waals surface area contributed by atoms with Crippen molar-refractivity contribution >= 4 is 17.5 Å². The third-order valence-electron chi connectivity index (χ3n) is 8.03. The Hall–Kier alpha value is -3.56. The first-order valence-corrected chi connectivity index (χ1v) is 14.7. The van der Waals surface area contributed by atoms with Gasteiger partial charge in [0, 0.05) is 58.9 Å². The largest absolute Gasteiger partial charge is 0.379 e. The van der Waals surface area contributed by atoms with Gasteiger partial charge in [0.15, 0.2) is 5.69 Å². The lowest BCUT2D eigenvalue weighted by Crippen LogP contribution is -2.36. The molecule has 8 nitrogen and oxygen atoms in total. The number of nitrogens with zero attached hydrogens (tertiary/aromatic N) is 5. The highest BCUT2D eigenvalue weighted by atomic mass is 19.1. The van der Waals surface area contributed by atoms with Crippen LogP contribution in [0.1, 0.15) is 60.6 Å². The van der Waals surface area contributed by atoms with E-state index in [0.717, 1.165) is 93.0 Å². The zero-order chi connectivity index (χ0) is 28.8. The molecule has 0 radical (unpaired) electrons. The molecule has 0 saturated carbocycles. The molecular formula is C32H40FN5O3. The van der Waals surface area contributed by atoms with E-state index in [2.05, 4.69) is 28.2 Å². The summed E-state index contributed by atoms with van der Waals surface area (Å²) < 4.78 is 20.7. The first-order valence-electron chi connectivity index (χ1n) is 14.7. The molecule has 3 aromatic rings. The predicted octanol–water partition coefficient (Wildman–Crippen LogP) is 5.02. The quantitative estimate of drug-likeness (QED) is 0.448. The molecule has 2 aliphatic rings. The standard InChI is InChI=1S/C32H40FN5O3/c1-24(39)38-15-7-5-3-4-6-14-37(23-27-9-8-25(20-31(27)38)22-36-16-18-41-19-17-36)32(40)29-21-30(35(2)34-29)26-10-12-28(33)13-11-26/h8-13,20-21H,3-7,14-19,22-23H2,1-2H3. The summed E-state index contributed by atoms with van der Waals surface area (Å²) in [6.45, 7) is 7.33. The van der Waals surface area contributed by atoms with Crippen LogP contribution in [0.4, 0.5) is 10.1 Å². The number of ether oxygens (including phenoxy) is 1. The molecule has 3 heterocycles. The van der Waals surface area contributed by atoms with E-state index in [1.54, 1.807) is 36.9 Å². The lowest BCUT2D eigenvalue weighted by atomic mass is 10.0. The van der Waals surface area contributed by atoms with Gasteiger partial charge in [-0.05, 0) is 65.9 Å². The number of fused-ring (bicyclic) bond motifs is 1. The van der Waals surface area contributed by atoms with Gasteiger partial charge < -0.3 is 14.5 Å². The van der Waals surface area contributed by atoms with E-state index in [1.807, 2.05) is 9.80 Å². The van der Waals surface area contributed by atoms with Gasteiger partial charge >= 0.3 is 0 Å². The fraction of sp³-hybridized carbons (Fsp3) is 0.469. The fourth-order valence-electron chi connectivity index (χ4n) is 5.74. The number of hydrogen-bond donors (Lipinski definition) is 0. The first kappa shape index (κ1) is 29.0. The van der Waals surface area contributed by atoms with E-state index in [-0.39, 0.29) is 17.6 Å². The minimum atomic E-state index is -0.307. The van der Waals surface area contributed by atoms with Gasteiger partial charge in [0.05, 0.1) is 18.9 Å². The van der Waals surface area contributed by atoms with Crippen LogP contribution in [0.15, 0.2) is 48.5 Å². The molecule has 0 bridgehead atoms. The number of carbonyl (C=O) groups excluding carboxylic acids is 2. The van der Waals surface area contributed by atoms with Gasteiger partial charge in [0.25, 0.3) is 5.91 Å². The number of aryl methyl sites for hydroxylation is 1. The highest BCUT2D eigenvalue weighted by molar-refractivity contribution is 5.94. The Morgan fingerprint density at radius 1 is 0.902 bits per heavy atom. The van der Waals surface area contributed by atoms with Crippen molar-refractivity contribution in [2.45, 2.75) is 52.1 Å². The van der Waals surface area contributed by atoms with Crippen molar-refractivity contribution < 1.29 is 18.7 Å². The molecule has 1 saturated heterocycles. The van der Waals surface area contributed by atoms with Gasteiger partial charge in [-0.3, -0.25) is 19.2 Å². The molecule has 0 spiro atoms. The average Bonchev–Trinajstić information content (AvgIpc) is 3.35. The van der Waals surface area contributed by atoms with E-state index < -0.39 is 0 Å². The summed E-state index contributed by atoms with van der Waals surface area (Å²) >= 11 is 0. The van der Waals surface area contributed by atoms with Crippen LogP contribution >= 0.6 is 0 Å². The first-order chi connectivity index (χ1) is 19.9. The number of hydrogen-bond acceptors (Lipinski definition) is 5. The third-order valence-corrected chi connectivity index (χ3v) is 8.03. The van der Waals surface area contributed by atoms with Gasteiger partial charge in [-0.2, -0.15) is 5.10 Å². The Morgan fingerprint density at radius 3 is 2.34 bits per heavy atom. The summed E-state index contributed by atoms with van der Waals surface area (Å²) in [7, 11) is 1.79. The number of carbonyl (C=O) groups is 2. The molecular weight excluding hydrogens is 521 g/mol. The lowest BCUT2D eigenvalue weighted by molar-refractivity contribution is -0.116. The smallest absolute Gasteiger partial charge is 0.274 e. The summed E-state index contributed by atoms with van der Waals surface area (Å²) in [5, 5.41) is 4.54. The second kappa shape index (κ2) is 13.4. The van der Waals surface area contributed by atoms with Crippen LogP contribution in [-0.4, -0.2) is 70.8 Å². The maximum absolute atomic E-state index is 13.9. The number of halogens is 1. The highest BCUT2D eigenvalue weighted by Gasteiger charge is 2.24. The zero-order valence-corrected chi connectivity index (χ0v) is 24.1. The van der Waals surface area contributed by atoms with E-state index in [9.17, 15) is 14.0 Å². The molecule has 0 aliphatic carbocycles. The number of aromatic nitrogens is 2. The molecule has 1 fully saturated rings. The molecule has 2 amide bonds. The highest BCUT2D eigenvalue weighted by Crippen LogP contribution is 2.28. The zero-order valence-electron chi connectivity index (χ0n) is 24.1. The summed E-state index contributed by atoms with van der Waals surface area (Å²) in [5.74, 6) is -0.444. The van der Waals surface area contributed by atoms with Crippen molar-refractivity contribution in [2.75, 3.05) is 44.3 Å². The second-order valence-corrected chi connectivity index (χ2v) is 11.1. The topological polar surface area (TPSA) is 70.9 Å². The molecule has 0 unspecified atom stereocenters. The third kappa shape index (κ3) is 7.21. The monoisotopic (exact) mass is 561 g/mol. The van der Waals surface area contributed by atoms with E-state index >= 15 is 0 Å². The number of anilines is 1. The maximum Gasteiger partial charge on any atom is 0.274 e. The number of amides is 2. The summed E-state index contributed by atoms with van der Waals surface area (Å²) in [5.41, 5.74) is 4.88. The molecule has 0 N–H and O–H groups in total. The van der Waals surface area contributed by atoms with Crippen LogP contribution in [0.3, 0.4) is 0 Å². The van der Waals surface area contributed by atoms with Crippen LogP contribution in [0.2, 0.25) is 0 Å². The van der Waals surface area contributed by atoms with Crippen LogP contribution in [0.25, 0.3) is 11.3 Å². The SMILES string of the molecule is CC(=O)N1CCCCCCCN(C(=O)c2cc(-c3ccc(F)cc3)n(C)n2)Cc2ccc(CN3CCOCC3)cc21. The Kier molecular flexibility index (Phi) is 9.46. The van der Waals surface area contributed by atoms with Crippen molar-refractivity contribution in [2.24, 2.45) is 7.05 Å². The molecule has 218 valence electrons. The molecule has 2 aliphatic heterocycles. The Labute approximate surface area is 241 Å². The average molecular weight is 562 g/mol. The summed E-state index contributed by atoms with van der Waals surface area (Å²) in [4.78, 5) is 32.9. The molecule has 5 rings (SSSR count). The minimum absolute atomic E-state index is 0.0124. The number of morpholine rings is 1. The van der Waals surface area contributed by atoms with Crippen LogP contribution in [0, 0.1) is 5.82 Å². The van der Waals surface area contributed by atoms with Gasteiger partial charge in [-0.15, -0.1) is 0 Å². The van der Waals surface area contributed by atoms with E-state index in [0.29, 0.717) is 25.3 Å². The second-order valence-electron chi connectivity index (χ2n) is 11.1. The van der Waals surface area contributed by atoms with Crippen molar-refractivity contribution in [1.29, 1.82) is 0 Å². The summed E-state index contributed by atoms with van der Waals surface area (Å²) in [6, 6.07) is 14.3. The lowest BCUT2D eigenvalue weighted by Gasteiger charge is -2.30.